The highest BCUT2D eigenvalue weighted by Gasteiger charge is 2.50. The Morgan fingerprint density at radius 3 is 2.12 bits per heavy atom. The number of nitrogens with two attached hydrogens (primary N) is 1. The van der Waals surface area contributed by atoms with Gasteiger partial charge < -0.3 is 10.0 Å². The van der Waals surface area contributed by atoms with Crippen LogP contribution in [0.4, 0.5) is 5.69 Å². The van der Waals surface area contributed by atoms with Gasteiger partial charge in [0.15, 0.2) is 5.60 Å². The van der Waals surface area contributed by atoms with E-state index in [2.05, 4.69) is 4.98 Å². The number of carbonyl (C=O) groups is 1. The fraction of sp³-hybridized carbons (Fsp3) is 0.0769. The second-order valence-corrected chi connectivity index (χ2v) is 9.68. The minimum absolute atomic E-state index is 0.0928. The van der Waals surface area contributed by atoms with Crippen LogP contribution in [0.2, 0.25) is 0 Å². The fourth-order valence-corrected chi connectivity index (χ4v) is 4.80. The van der Waals surface area contributed by atoms with Crippen LogP contribution < -0.4 is 10.0 Å². The number of fused-ring (bicyclic) bond motifs is 1. The van der Waals surface area contributed by atoms with E-state index in [1.807, 2.05) is 42.5 Å². The summed E-state index contributed by atoms with van der Waals surface area (Å²) in [6, 6.07) is 24.2. The number of amides is 1. The van der Waals surface area contributed by atoms with Gasteiger partial charge in [-0.15, -0.1) is 0 Å². The summed E-state index contributed by atoms with van der Waals surface area (Å²) in [6.45, 7) is 0.268. The molecule has 0 saturated heterocycles. The van der Waals surface area contributed by atoms with Crippen molar-refractivity contribution in [2.24, 2.45) is 5.14 Å². The van der Waals surface area contributed by atoms with Gasteiger partial charge in [0.25, 0.3) is 5.91 Å². The maximum Gasteiger partial charge on any atom is 0.268 e. The number of anilines is 1. The summed E-state index contributed by atoms with van der Waals surface area (Å²) >= 11 is 0. The van der Waals surface area contributed by atoms with Gasteiger partial charge in [-0.05, 0) is 52.6 Å². The molecule has 4 aromatic rings. The predicted octanol–water partition coefficient (Wildman–Crippen LogP) is 3.18. The van der Waals surface area contributed by atoms with E-state index >= 15 is 0 Å². The maximum absolute atomic E-state index is 13.6. The number of rotatable bonds is 5. The monoisotopic (exact) mass is 471 g/mol. The lowest BCUT2D eigenvalue weighted by molar-refractivity contribution is -0.132. The molecule has 0 aliphatic carbocycles. The molecule has 0 radical (unpaired) electrons. The molecule has 3 aromatic carbocycles. The summed E-state index contributed by atoms with van der Waals surface area (Å²) in [7, 11) is -3.89. The van der Waals surface area contributed by atoms with Gasteiger partial charge in [0, 0.05) is 18.0 Å². The van der Waals surface area contributed by atoms with Gasteiger partial charge in [-0.3, -0.25) is 9.78 Å². The molecule has 0 saturated carbocycles. The van der Waals surface area contributed by atoms with Crippen LogP contribution in [0.15, 0.2) is 102 Å². The Kier molecular flexibility index (Phi) is 5.28. The minimum atomic E-state index is -3.89. The van der Waals surface area contributed by atoms with Gasteiger partial charge in [0.05, 0.1) is 17.1 Å². The molecule has 3 N–H and O–H groups in total. The van der Waals surface area contributed by atoms with Gasteiger partial charge in [-0.1, -0.05) is 54.6 Å². The lowest BCUT2D eigenvalue weighted by atomic mass is 9.87. The Labute approximate surface area is 197 Å². The topological polar surface area (TPSA) is 114 Å². The number of primary sulfonamides is 1. The number of benzene rings is 3. The Morgan fingerprint density at radius 1 is 0.853 bits per heavy atom. The molecular weight excluding hydrogens is 450 g/mol. The predicted molar refractivity (Wildman–Crippen MR) is 128 cm³/mol. The van der Waals surface area contributed by atoms with Crippen molar-refractivity contribution in [3.05, 3.63) is 114 Å². The van der Waals surface area contributed by atoms with Crippen molar-refractivity contribution in [2.45, 2.75) is 17.0 Å². The summed E-state index contributed by atoms with van der Waals surface area (Å²) in [6.07, 6.45) is 3.47. The van der Waals surface area contributed by atoms with Crippen molar-refractivity contribution in [3.8, 4) is 11.1 Å². The molecule has 5 rings (SSSR count). The molecule has 1 amide bonds. The molecule has 1 aliphatic rings. The molecular formula is C26H21N3O4S. The van der Waals surface area contributed by atoms with Gasteiger partial charge in [-0.2, -0.15) is 0 Å². The minimum Gasteiger partial charge on any atom is -0.372 e. The molecule has 1 aliphatic heterocycles. The zero-order chi connectivity index (χ0) is 23.9. The molecule has 2 heterocycles. The highest BCUT2D eigenvalue weighted by molar-refractivity contribution is 7.89. The number of pyridine rings is 1. The first-order valence-electron chi connectivity index (χ1n) is 10.5. The molecule has 0 fully saturated rings. The van der Waals surface area contributed by atoms with Gasteiger partial charge >= 0.3 is 0 Å². The standard InChI is InChI=1S/C26H21N3O4S/c27-34(32,33)22-11-9-21(10-12-22)26(31)23-3-1-2-4-24(23)29(25(26)30)17-18-5-7-19(8-6-18)20-13-15-28-16-14-20/h1-16,31H,17H2,(H2,27,32,33)/t26-/m0/s1. The zero-order valence-corrected chi connectivity index (χ0v) is 18.8. The molecule has 1 atom stereocenters. The molecule has 170 valence electrons. The molecule has 7 nitrogen and oxygen atoms in total. The van der Waals surface area contributed by atoms with E-state index in [0.717, 1.165) is 16.7 Å². The van der Waals surface area contributed by atoms with E-state index in [-0.39, 0.29) is 17.0 Å². The molecule has 0 bridgehead atoms. The SMILES string of the molecule is NS(=O)(=O)c1ccc([C@@]2(O)C(=O)N(Cc3ccc(-c4ccncc4)cc3)c3ccccc32)cc1. The van der Waals surface area contributed by atoms with Gasteiger partial charge in [-0.25, -0.2) is 13.6 Å². The summed E-state index contributed by atoms with van der Waals surface area (Å²) in [5.41, 5.74) is 2.35. The Hall–Kier alpha value is -3.85. The maximum atomic E-state index is 13.6. The number of aromatic nitrogens is 1. The molecule has 0 unspecified atom stereocenters. The van der Waals surface area contributed by atoms with Crippen LogP contribution in [0, 0.1) is 0 Å². The van der Waals surface area contributed by atoms with Crippen molar-refractivity contribution in [1.29, 1.82) is 0 Å². The second kappa shape index (κ2) is 8.18. The summed E-state index contributed by atoms with van der Waals surface area (Å²) < 4.78 is 23.2. The lowest BCUT2D eigenvalue weighted by Gasteiger charge is -2.24. The van der Waals surface area contributed by atoms with Crippen LogP contribution in [-0.4, -0.2) is 24.4 Å². The third kappa shape index (κ3) is 3.67. The summed E-state index contributed by atoms with van der Waals surface area (Å²) in [5, 5.41) is 16.8. The van der Waals surface area contributed by atoms with Gasteiger partial charge in [0.2, 0.25) is 10.0 Å². The average molecular weight is 472 g/mol. The Morgan fingerprint density at radius 2 is 1.47 bits per heavy atom. The first-order chi connectivity index (χ1) is 16.3. The van der Waals surface area contributed by atoms with E-state index in [1.54, 1.807) is 35.5 Å². The van der Waals surface area contributed by atoms with Crippen LogP contribution in [0.25, 0.3) is 11.1 Å². The number of carbonyl (C=O) groups excluding carboxylic acids is 1. The first kappa shape index (κ1) is 22.0. The molecule has 8 heteroatoms. The number of para-hydroxylation sites is 1. The van der Waals surface area contributed by atoms with E-state index in [9.17, 15) is 18.3 Å². The van der Waals surface area contributed by atoms with Gasteiger partial charge in [0.1, 0.15) is 0 Å². The third-order valence-electron chi connectivity index (χ3n) is 6.05. The number of aliphatic hydroxyl groups is 1. The van der Waals surface area contributed by atoms with E-state index < -0.39 is 21.5 Å². The summed E-state index contributed by atoms with van der Waals surface area (Å²) in [4.78, 5) is 19.1. The van der Waals surface area contributed by atoms with E-state index in [1.165, 1.54) is 24.3 Å². The van der Waals surface area contributed by atoms with E-state index in [0.29, 0.717) is 11.3 Å². The normalized spacial score (nSPS) is 17.6. The quantitative estimate of drug-likeness (QED) is 0.464. The first-order valence-corrected chi connectivity index (χ1v) is 12.1. The molecule has 34 heavy (non-hydrogen) atoms. The zero-order valence-electron chi connectivity index (χ0n) is 18.0. The van der Waals surface area contributed by atoms with Crippen LogP contribution >= 0.6 is 0 Å². The highest BCUT2D eigenvalue weighted by Crippen LogP contribution is 2.45. The second-order valence-electron chi connectivity index (χ2n) is 8.12. The number of hydrogen-bond acceptors (Lipinski definition) is 5. The van der Waals surface area contributed by atoms with Crippen molar-refractivity contribution in [1.82, 2.24) is 4.98 Å². The highest BCUT2D eigenvalue weighted by atomic mass is 32.2. The average Bonchev–Trinajstić information content (AvgIpc) is 3.07. The Balaban J connectivity index is 1.49. The number of sulfonamides is 1. The number of nitrogens with zero attached hydrogens (tertiary/aromatic N) is 2. The van der Waals surface area contributed by atoms with Crippen LogP contribution in [-0.2, 0) is 27.0 Å². The number of hydrogen-bond donors (Lipinski definition) is 2. The lowest BCUT2D eigenvalue weighted by Crippen LogP contribution is -2.40. The third-order valence-corrected chi connectivity index (χ3v) is 6.98. The summed E-state index contributed by atoms with van der Waals surface area (Å²) in [5.74, 6) is -0.504. The van der Waals surface area contributed by atoms with Crippen molar-refractivity contribution in [3.63, 3.8) is 0 Å². The van der Waals surface area contributed by atoms with Crippen molar-refractivity contribution < 1.29 is 18.3 Å². The largest absolute Gasteiger partial charge is 0.372 e. The fourth-order valence-electron chi connectivity index (χ4n) is 4.29. The Bertz CT molecular complexity index is 1470. The smallest absolute Gasteiger partial charge is 0.268 e. The van der Waals surface area contributed by atoms with Crippen LogP contribution in [0.3, 0.4) is 0 Å². The van der Waals surface area contributed by atoms with Crippen molar-refractivity contribution in [2.75, 3.05) is 4.90 Å². The molecule has 0 spiro atoms. The molecule has 1 aromatic heterocycles. The van der Waals surface area contributed by atoms with Crippen LogP contribution in [0.1, 0.15) is 16.7 Å². The van der Waals surface area contributed by atoms with E-state index in [4.69, 9.17) is 5.14 Å². The van der Waals surface area contributed by atoms with Crippen LogP contribution in [0.5, 0.6) is 0 Å². The van der Waals surface area contributed by atoms with Crippen molar-refractivity contribution >= 4 is 21.6 Å².